The number of aromatic amines is 1. The molecule has 0 radical (unpaired) electrons. The van der Waals surface area contributed by atoms with Crippen molar-refractivity contribution in [2.45, 2.75) is 84.5 Å². The molecule has 0 unspecified atom stereocenters. The second-order valence-corrected chi connectivity index (χ2v) is 19.2. The molecule has 8 heterocycles. The van der Waals surface area contributed by atoms with Crippen molar-refractivity contribution in [2.24, 2.45) is 5.92 Å². The Labute approximate surface area is 415 Å². The number of nitrogens with zero attached hydrogens (tertiary/aromatic N) is 14. The predicted octanol–water partition coefficient (Wildman–Crippen LogP) is 7.78. The van der Waals surface area contributed by atoms with E-state index in [9.17, 15) is 35.9 Å². The van der Waals surface area contributed by atoms with E-state index in [-0.39, 0.29) is 38.3 Å². The zero-order chi connectivity index (χ0) is 52.1. The normalized spacial score (nSPS) is 15.9. The molecule has 2 aliphatic heterocycles. The van der Waals surface area contributed by atoms with E-state index in [1.807, 2.05) is 4.90 Å². The second-order valence-electron chi connectivity index (χ2n) is 18.5. The summed E-state index contributed by atoms with van der Waals surface area (Å²) < 4.78 is 107. The van der Waals surface area contributed by atoms with Gasteiger partial charge in [0.05, 0.1) is 37.6 Å². The van der Waals surface area contributed by atoms with Crippen LogP contribution in [0.4, 0.5) is 59.5 Å². The van der Waals surface area contributed by atoms with Crippen LogP contribution in [-0.2, 0) is 37.8 Å². The standard InChI is InChI=1S/C24H28ClF3N8O5.C18H18ClF3N8O/c1-22(2,3)40-20(37)36(21(38)41-23(4,5)6)19-29-11-12(14(31-19)24(26,27)28)15-32-16-13(30-18(25)34-16)17(33-15)35-7-9-39-10-8-35;19-16-25-11-14(29-3-5-31-6-4-29)27-13(28-15(11)30(16)8-9-1-2-9)10-7-24-17(23)26-12(10)18(20,21)22/h11H,7-10H2,1-6H3,(H,30,32,33,34);7,9H,1-6,8H2,(H2,23,24,26). The summed E-state index contributed by atoms with van der Waals surface area (Å²) in [4.78, 5) is 73.2. The molecule has 72 heavy (non-hydrogen) atoms. The molecule has 6 aromatic heterocycles. The van der Waals surface area contributed by atoms with Crippen LogP contribution in [0.5, 0.6) is 0 Å². The van der Waals surface area contributed by atoms with Gasteiger partial charge < -0.3 is 39.5 Å². The van der Waals surface area contributed by atoms with Gasteiger partial charge >= 0.3 is 24.5 Å². The van der Waals surface area contributed by atoms with E-state index >= 15 is 0 Å². The first-order valence-corrected chi connectivity index (χ1v) is 22.9. The van der Waals surface area contributed by atoms with Gasteiger partial charge in [-0.25, -0.2) is 54.4 Å². The number of halogens is 8. The highest BCUT2D eigenvalue weighted by molar-refractivity contribution is 6.29. The zero-order valence-corrected chi connectivity index (χ0v) is 40.8. The van der Waals surface area contributed by atoms with Gasteiger partial charge in [0, 0.05) is 45.1 Å². The van der Waals surface area contributed by atoms with Gasteiger partial charge in [0.25, 0.3) is 0 Å². The number of ether oxygens (including phenoxy) is 4. The average molecular weight is 1060 g/mol. The summed E-state index contributed by atoms with van der Waals surface area (Å²) in [6, 6.07) is 0. The van der Waals surface area contributed by atoms with Gasteiger partial charge in [0.2, 0.25) is 22.5 Å². The molecule has 2 saturated heterocycles. The Balaban J connectivity index is 0.000000200. The molecule has 2 amide bonds. The van der Waals surface area contributed by atoms with Gasteiger partial charge in [0.15, 0.2) is 51.5 Å². The summed E-state index contributed by atoms with van der Waals surface area (Å²) in [6.45, 7) is 13.2. The van der Waals surface area contributed by atoms with Crippen molar-refractivity contribution in [2.75, 3.05) is 73.0 Å². The van der Waals surface area contributed by atoms with Crippen LogP contribution < -0.4 is 20.4 Å². The first-order chi connectivity index (χ1) is 33.7. The minimum Gasteiger partial charge on any atom is -0.443 e. The second kappa shape index (κ2) is 19.8. The summed E-state index contributed by atoms with van der Waals surface area (Å²) in [5.74, 6) is -0.837. The number of nitrogens with one attached hydrogen (secondary N) is 1. The number of carbonyl (C=O) groups excluding carboxylic acids is 2. The number of rotatable bonds is 7. The molecule has 22 nitrogen and oxygen atoms in total. The third-order valence-electron chi connectivity index (χ3n) is 10.5. The van der Waals surface area contributed by atoms with Crippen molar-refractivity contribution in [3.63, 3.8) is 0 Å². The highest BCUT2D eigenvalue weighted by Gasteiger charge is 2.42. The monoisotopic (exact) mass is 1050 g/mol. The number of H-pyrrole nitrogens is 1. The van der Waals surface area contributed by atoms with Crippen molar-refractivity contribution in [1.82, 2.24) is 59.4 Å². The third-order valence-corrected chi connectivity index (χ3v) is 11.0. The number of alkyl halides is 6. The minimum absolute atomic E-state index is 0.0165. The quantitative estimate of drug-likeness (QED) is 0.114. The van der Waals surface area contributed by atoms with E-state index in [0.717, 1.165) is 25.2 Å². The topological polar surface area (TPSA) is 256 Å². The van der Waals surface area contributed by atoms with Gasteiger partial charge in [0.1, 0.15) is 16.7 Å². The number of amides is 2. The fraction of sp³-hybridized carbons (Fsp3) is 0.524. The molecule has 3 N–H and O–H groups in total. The Hall–Kier alpha value is -6.52. The van der Waals surface area contributed by atoms with Gasteiger partial charge in [-0.05, 0) is 83.5 Å². The Morgan fingerprint density at radius 1 is 0.722 bits per heavy atom. The van der Waals surface area contributed by atoms with Crippen molar-refractivity contribution in [3.05, 3.63) is 34.3 Å². The summed E-state index contributed by atoms with van der Waals surface area (Å²) in [5, 5.41) is 0.196. The number of hydrogen-bond acceptors (Lipinski definition) is 19. The summed E-state index contributed by atoms with van der Waals surface area (Å²) >= 11 is 12.4. The zero-order valence-electron chi connectivity index (χ0n) is 39.3. The molecule has 0 aromatic carbocycles. The van der Waals surface area contributed by atoms with Gasteiger partial charge in [-0.15, -0.1) is 4.90 Å². The van der Waals surface area contributed by atoms with Crippen molar-refractivity contribution < 1.29 is 54.9 Å². The summed E-state index contributed by atoms with van der Waals surface area (Å²) in [7, 11) is 0. The molecule has 1 saturated carbocycles. The predicted molar refractivity (Wildman–Crippen MR) is 247 cm³/mol. The fourth-order valence-corrected chi connectivity index (χ4v) is 7.67. The molecule has 0 bridgehead atoms. The van der Waals surface area contributed by atoms with E-state index in [2.05, 4.69) is 54.8 Å². The van der Waals surface area contributed by atoms with Crippen molar-refractivity contribution >= 4 is 81.2 Å². The van der Waals surface area contributed by atoms with Crippen LogP contribution in [0.1, 0.15) is 65.8 Å². The number of aromatic nitrogens is 12. The van der Waals surface area contributed by atoms with E-state index in [1.165, 1.54) is 41.5 Å². The van der Waals surface area contributed by atoms with Gasteiger partial charge in [-0.3, -0.25) is 4.57 Å². The highest BCUT2D eigenvalue weighted by atomic mass is 35.5. The van der Waals surface area contributed by atoms with Gasteiger partial charge in [-0.2, -0.15) is 31.3 Å². The molecule has 0 atom stereocenters. The molecule has 386 valence electrons. The Morgan fingerprint density at radius 3 is 1.78 bits per heavy atom. The van der Waals surface area contributed by atoms with Crippen LogP contribution in [0.2, 0.25) is 10.6 Å². The molecular weight excluding hydrogens is 1010 g/mol. The lowest BCUT2D eigenvalue weighted by Gasteiger charge is -2.28. The Morgan fingerprint density at radius 2 is 1.24 bits per heavy atom. The Bertz CT molecular complexity index is 2970. The number of anilines is 4. The number of hydrogen-bond donors (Lipinski definition) is 2. The fourth-order valence-electron chi connectivity index (χ4n) is 7.26. The van der Waals surface area contributed by atoms with Crippen molar-refractivity contribution in [3.8, 4) is 22.8 Å². The molecule has 0 spiro atoms. The maximum atomic E-state index is 14.4. The number of imidazole rings is 2. The number of nitrogens with two attached hydrogens (primary N) is 1. The van der Waals surface area contributed by atoms with Gasteiger partial charge in [-0.1, -0.05) is 0 Å². The first kappa shape index (κ1) is 51.8. The Kier molecular flexibility index (Phi) is 14.3. The number of morpholine rings is 2. The minimum atomic E-state index is -5.08. The number of carbonyl (C=O) groups is 2. The average Bonchev–Trinajstić information content (AvgIpc) is 3.95. The lowest BCUT2D eigenvalue weighted by atomic mass is 10.2. The lowest BCUT2D eigenvalue weighted by Crippen LogP contribution is -2.44. The molecule has 30 heteroatoms. The smallest absolute Gasteiger partial charge is 0.434 e. The molecule has 3 aliphatic rings. The number of fused-ring (bicyclic) bond motifs is 2. The van der Waals surface area contributed by atoms with E-state index < -0.39 is 70.4 Å². The van der Waals surface area contributed by atoms with Crippen LogP contribution in [0.15, 0.2) is 12.4 Å². The maximum Gasteiger partial charge on any atom is 0.434 e. The van der Waals surface area contributed by atoms with Crippen molar-refractivity contribution in [1.29, 1.82) is 0 Å². The molecule has 6 aromatic rings. The SMILES string of the molecule is CC(C)(C)OC(=O)N(C(=O)OC(C)(C)C)c1ncc(-c2nc(N3CCOCC3)c3[nH]c(Cl)nc3n2)c(C(F)(F)F)n1.Nc1ncc(-c2nc(N3CCOCC3)c3nc(Cl)n(CC4CC4)c3n2)c(C(F)(F)F)n1. The molecular formula is C42H46Cl2F6N16O6. The molecule has 1 aliphatic carbocycles. The van der Waals surface area contributed by atoms with Crippen LogP contribution >= 0.6 is 23.2 Å². The van der Waals surface area contributed by atoms with Crippen LogP contribution in [0, 0.1) is 5.92 Å². The molecule has 9 rings (SSSR count). The largest absolute Gasteiger partial charge is 0.443 e. The van der Waals surface area contributed by atoms with E-state index in [0.29, 0.717) is 87.6 Å². The number of imide groups is 1. The van der Waals surface area contributed by atoms with Crippen LogP contribution in [-0.4, -0.2) is 135 Å². The van der Waals surface area contributed by atoms with E-state index in [1.54, 1.807) is 9.47 Å². The lowest BCUT2D eigenvalue weighted by molar-refractivity contribution is -0.141. The maximum absolute atomic E-state index is 14.4. The summed E-state index contributed by atoms with van der Waals surface area (Å²) in [5.41, 5.74) is 0.710. The van der Waals surface area contributed by atoms with Crippen LogP contribution in [0.25, 0.3) is 45.1 Å². The first-order valence-electron chi connectivity index (χ1n) is 22.2. The van der Waals surface area contributed by atoms with Crippen LogP contribution in [0.3, 0.4) is 0 Å². The number of nitrogen functional groups attached to an aromatic ring is 1. The highest BCUT2D eigenvalue weighted by Crippen LogP contribution is 2.40. The molecule has 3 fully saturated rings. The summed E-state index contributed by atoms with van der Waals surface area (Å²) in [6.07, 6.45) is -8.60. The van der Waals surface area contributed by atoms with E-state index in [4.69, 9.17) is 47.9 Å². The third kappa shape index (κ3) is 11.9.